The molecule has 20 heavy (non-hydrogen) atoms. The number of benzene rings is 1. The van der Waals surface area contributed by atoms with Gasteiger partial charge in [0.15, 0.2) is 0 Å². The Morgan fingerprint density at radius 3 is 2.75 bits per heavy atom. The van der Waals surface area contributed by atoms with Gasteiger partial charge in [-0.05, 0) is 37.5 Å². The maximum absolute atomic E-state index is 5.83. The van der Waals surface area contributed by atoms with Gasteiger partial charge in [-0.25, -0.2) is 4.98 Å². The Labute approximate surface area is 120 Å². The van der Waals surface area contributed by atoms with Crippen molar-refractivity contribution >= 4 is 5.95 Å². The van der Waals surface area contributed by atoms with E-state index in [1.165, 1.54) is 5.56 Å². The topological polar surface area (TPSA) is 47.0 Å². The zero-order chi connectivity index (χ0) is 14.4. The van der Waals surface area contributed by atoms with E-state index in [-0.39, 0.29) is 0 Å². The Morgan fingerprint density at radius 1 is 1.15 bits per heavy atom. The maximum atomic E-state index is 5.83. The third-order valence-electron chi connectivity index (χ3n) is 2.89. The molecule has 0 spiro atoms. The van der Waals surface area contributed by atoms with Crippen LogP contribution in [-0.2, 0) is 6.42 Å². The van der Waals surface area contributed by atoms with Crippen LogP contribution in [0.4, 0.5) is 5.95 Å². The van der Waals surface area contributed by atoms with Gasteiger partial charge in [0.2, 0.25) is 11.8 Å². The van der Waals surface area contributed by atoms with E-state index in [2.05, 4.69) is 35.2 Å². The fourth-order valence-electron chi connectivity index (χ4n) is 1.86. The van der Waals surface area contributed by atoms with Crippen LogP contribution < -0.4 is 10.1 Å². The molecule has 4 heteroatoms. The minimum absolute atomic E-state index is 0.573. The summed E-state index contributed by atoms with van der Waals surface area (Å²) in [6, 6.07) is 9.91. The van der Waals surface area contributed by atoms with Crippen LogP contribution in [0.15, 0.2) is 30.3 Å². The van der Waals surface area contributed by atoms with Crippen molar-refractivity contribution in [3.63, 3.8) is 0 Å². The van der Waals surface area contributed by atoms with Gasteiger partial charge >= 0.3 is 0 Å². The normalized spacial score (nSPS) is 10.3. The summed E-state index contributed by atoms with van der Waals surface area (Å²) in [7, 11) is 0. The molecule has 1 aromatic heterocycles. The summed E-state index contributed by atoms with van der Waals surface area (Å²) in [5, 5.41) is 3.18. The number of aryl methyl sites for hydroxylation is 2. The Hall–Kier alpha value is -2.10. The van der Waals surface area contributed by atoms with Crippen LogP contribution in [0.5, 0.6) is 11.6 Å². The predicted molar refractivity (Wildman–Crippen MR) is 81.4 cm³/mol. The monoisotopic (exact) mass is 271 g/mol. The van der Waals surface area contributed by atoms with Crippen LogP contribution in [0.3, 0.4) is 0 Å². The first kappa shape index (κ1) is 14.3. The molecule has 0 fully saturated rings. The predicted octanol–water partition coefficient (Wildman–Crippen LogP) is 3.96. The van der Waals surface area contributed by atoms with E-state index in [9.17, 15) is 0 Å². The number of rotatable bonds is 6. The Bertz CT molecular complexity index is 569. The maximum Gasteiger partial charge on any atom is 0.226 e. The van der Waals surface area contributed by atoms with Crippen LogP contribution in [0.25, 0.3) is 0 Å². The molecular formula is C16H21N3O. The number of nitrogens with zero attached hydrogens (tertiary/aromatic N) is 2. The number of hydrogen-bond donors (Lipinski definition) is 1. The highest BCUT2D eigenvalue weighted by Crippen LogP contribution is 2.22. The number of ether oxygens (including phenoxy) is 1. The van der Waals surface area contributed by atoms with E-state index >= 15 is 0 Å². The van der Waals surface area contributed by atoms with Crippen molar-refractivity contribution in [2.24, 2.45) is 0 Å². The zero-order valence-electron chi connectivity index (χ0n) is 12.3. The van der Waals surface area contributed by atoms with Crippen molar-refractivity contribution in [3.05, 3.63) is 41.6 Å². The summed E-state index contributed by atoms with van der Waals surface area (Å²) >= 11 is 0. The first-order valence-electron chi connectivity index (χ1n) is 7.07. The van der Waals surface area contributed by atoms with Crippen LogP contribution in [0.2, 0.25) is 0 Å². The second kappa shape index (κ2) is 6.89. The Kier molecular flexibility index (Phi) is 4.93. The second-order valence-electron chi connectivity index (χ2n) is 4.70. The SMILES string of the molecule is CCCNc1nc(C)cc(Oc2cccc(CC)c2)n1. The number of nitrogens with one attached hydrogen (secondary N) is 1. The summed E-state index contributed by atoms with van der Waals surface area (Å²) in [6.45, 7) is 7.03. The lowest BCUT2D eigenvalue weighted by Crippen LogP contribution is -2.05. The van der Waals surface area contributed by atoms with Gasteiger partial charge in [-0.15, -0.1) is 0 Å². The molecule has 0 aliphatic heterocycles. The van der Waals surface area contributed by atoms with Crippen molar-refractivity contribution in [2.45, 2.75) is 33.6 Å². The largest absolute Gasteiger partial charge is 0.439 e. The van der Waals surface area contributed by atoms with Crippen molar-refractivity contribution in [2.75, 3.05) is 11.9 Å². The standard InChI is InChI=1S/C16H21N3O/c1-4-9-17-16-18-12(3)10-15(19-16)20-14-8-6-7-13(5-2)11-14/h6-8,10-11H,4-5,9H2,1-3H3,(H,17,18,19). The molecule has 0 saturated carbocycles. The molecule has 1 aromatic carbocycles. The van der Waals surface area contributed by atoms with E-state index in [1.807, 2.05) is 31.2 Å². The fraction of sp³-hybridized carbons (Fsp3) is 0.375. The molecule has 0 atom stereocenters. The molecule has 0 bridgehead atoms. The quantitative estimate of drug-likeness (QED) is 0.863. The van der Waals surface area contributed by atoms with E-state index in [0.717, 1.165) is 30.8 Å². The van der Waals surface area contributed by atoms with Crippen LogP contribution in [0.1, 0.15) is 31.5 Å². The third-order valence-corrected chi connectivity index (χ3v) is 2.89. The van der Waals surface area contributed by atoms with E-state index in [0.29, 0.717) is 11.8 Å². The van der Waals surface area contributed by atoms with Crippen molar-refractivity contribution < 1.29 is 4.74 Å². The highest BCUT2D eigenvalue weighted by molar-refractivity contribution is 5.35. The van der Waals surface area contributed by atoms with Gasteiger partial charge in [-0.1, -0.05) is 26.0 Å². The first-order chi connectivity index (χ1) is 9.71. The van der Waals surface area contributed by atoms with E-state index < -0.39 is 0 Å². The highest BCUT2D eigenvalue weighted by atomic mass is 16.5. The fourth-order valence-corrected chi connectivity index (χ4v) is 1.86. The molecule has 1 heterocycles. The second-order valence-corrected chi connectivity index (χ2v) is 4.70. The smallest absolute Gasteiger partial charge is 0.226 e. The Morgan fingerprint density at radius 2 is 2.00 bits per heavy atom. The van der Waals surface area contributed by atoms with E-state index in [4.69, 9.17) is 4.74 Å². The summed E-state index contributed by atoms with van der Waals surface area (Å²) in [6.07, 6.45) is 2.02. The minimum Gasteiger partial charge on any atom is -0.439 e. The van der Waals surface area contributed by atoms with Crippen molar-refractivity contribution in [3.8, 4) is 11.6 Å². The van der Waals surface area contributed by atoms with Crippen LogP contribution >= 0.6 is 0 Å². The number of hydrogen-bond acceptors (Lipinski definition) is 4. The molecule has 0 aliphatic rings. The van der Waals surface area contributed by atoms with Gasteiger partial charge < -0.3 is 10.1 Å². The number of anilines is 1. The molecular weight excluding hydrogens is 250 g/mol. The first-order valence-corrected chi connectivity index (χ1v) is 7.07. The molecule has 2 rings (SSSR count). The lowest BCUT2D eigenvalue weighted by Gasteiger charge is -2.09. The van der Waals surface area contributed by atoms with E-state index in [1.54, 1.807) is 0 Å². The summed E-state index contributed by atoms with van der Waals surface area (Å²) < 4.78 is 5.83. The van der Waals surface area contributed by atoms with Crippen molar-refractivity contribution in [1.82, 2.24) is 9.97 Å². The molecule has 0 unspecified atom stereocenters. The van der Waals surface area contributed by atoms with Gasteiger partial charge in [0.05, 0.1) is 0 Å². The molecule has 4 nitrogen and oxygen atoms in total. The minimum atomic E-state index is 0.573. The molecule has 0 amide bonds. The van der Waals surface area contributed by atoms with Gasteiger partial charge in [0.1, 0.15) is 5.75 Å². The van der Waals surface area contributed by atoms with Crippen molar-refractivity contribution in [1.29, 1.82) is 0 Å². The lowest BCUT2D eigenvalue weighted by atomic mass is 10.2. The lowest BCUT2D eigenvalue weighted by molar-refractivity contribution is 0.461. The summed E-state index contributed by atoms with van der Waals surface area (Å²) in [4.78, 5) is 8.72. The highest BCUT2D eigenvalue weighted by Gasteiger charge is 2.04. The average Bonchev–Trinajstić information content (AvgIpc) is 2.44. The third kappa shape index (κ3) is 3.95. The van der Waals surface area contributed by atoms with Crippen LogP contribution in [0, 0.1) is 6.92 Å². The molecule has 2 aromatic rings. The Balaban J connectivity index is 2.17. The molecule has 0 saturated heterocycles. The summed E-state index contributed by atoms with van der Waals surface area (Å²) in [5.41, 5.74) is 2.14. The average molecular weight is 271 g/mol. The molecule has 1 N–H and O–H groups in total. The number of aromatic nitrogens is 2. The molecule has 0 aliphatic carbocycles. The summed E-state index contributed by atoms with van der Waals surface area (Å²) in [5.74, 6) is 2.00. The molecule has 106 valence electrons. The van der Waals surface area contributed by atoms with Gasteiger partial charge in [0, 0.05) is 18.3 Å². The van der Waals surface area contributed by atoms with Gasteiger partial charge in [0.25, 0.3) is 0 Å². The zero-order valence-corrected chi connectivity index (χ0v) is 12.3. The van der Waals surface area contributed by atoms with Gasteiger partial charge in [-0.2, -0.15) is 4.98 Å². The van der Waals surface area contributed by atoms with Crippen LogP contribution in [-0.4, -0.2) is 16.5 Å². The molecule has 0 radical (unpaired) electrons. The van der Waals surface area contributed by atoms with Gasteiger partial charge in [-0.3, -0.25) is 0 Å².